The average molecular weight is 347 g/mol. The van der Waals surface area contributed by atoms with Crippen molar-refractivity contribution in [3.63, 3.8) is 0 Å². The topological polar surface area (TPSA) is 40.5 Å². The maximum absolute atomic E-state index is 9.72. The van der Waals surface area contributed by atoms with Crippen LogP contribution in [0.5, 0.6) is 0 Å². The molecule has 0 aromatic rings. The highest BCUT2D eigenvalue weighted by molar-refractivity contribution is 4.57. The molecule has 0 aliphatic carbocycles. The molecule has 24 heavy (non-hydrogen) atoms. The van der Waals surface area contributed by atoms with Crippen molar-refractivity contribution in [2.24, 2.45) is 0 Å². The number of aliphatic hydroxyl groups excluding tert-OH is 2. The van der Waals surface area contributed by atoms with E-state index in [1.54, 1.807) is 0 Å². The summed E-state index contributed by atoms with van der Waals surface area (Å²) in [6, 6.07) is 0. The fourth-order valence-corrected chi connectivity index (χ4v) is 4.62. The molecular weight excluding hydrogens is 300 g/mol. The fraction of sp³-hybridized carbons (Fsp3) is 1.00. The van der Waals surface area contributed by atoms with Gasteiger partial charge in [0.2, 0.25) is 6.17 Å². The Labute approximate surface area is 151 Å². The minimum absolute atomic E-state index is 0.251. The lowest BCUT2D eigenvalue weighted by Gasteiger charge is -2.52. The predicted molar refractivity (Wildman–Crippen MR) is 104 cm³/mol. The van der Waals surface area contributed by atoms with Gasteiger partial charge in [-0.2, -0.15) is 0 Å². The van der Waals surface area contributed by atoms with Crippen LogP contribution in [-0.2, 0) is 0 Å². The molecule has 0 radical (unpaired) electrons. The number of likely N-dealkylation sites (N-methyl/N-ethyl adjacent to an activating group) is 2. The van der Waals surface area contributed by atoms with Crippen LogP contribution in [0.2, 0.25) is 0 Å². The van der Waals surface area contributed by atoms with Gasteiger partial charge in [0.1, 0.15) is 13.1 Å². The van der Waals surface area contributed by atoms with E-state index in [0.29, 0.717) is 6.17 Å². The van der Waals surface area contributed by atoms with Crippen molar-refractivity contribution in [1.82, 2.24) is 0 Å². The second-order valence-electron chi connectivity index (χ2n) is 7.28. The van der Waals surface area contributed by atoms with Crippen LogP contribution in [0.4, 0.5) is 0 Å². The Balaban J connectivity index is 5.44. The third kappa shape index (κ3) is 6.29. The van der Waals surface area contributed by atoms with E-state index in [0.717, 1.165) is 48.2 Å². The smallest absolute Gasteiger partial charge is 0.216 e. The molecule has 0 amide bonds. The Morgan fingerprint density at radius 1 is 0.625 bits per heavy atom. The highest BCUT2D eigenvalue weighted by Crippen LogP contribution is 2.29. The SMILES string of the molecule is CCCCCCCC([N+](CC)(CC)CCO)[N+](CC)(CC)CCO. The van der Waals surface area contributed by atoms with Crippen LogP contribution in [0.1, 0.15) is 73.1 Å². The van der Waals surface area contributed by atoms with Gasteiger partial charge < -0.3 is 10.2 Å². The normalized spacial score (nSPS) is 13.0. The van der Waals surface area contributed by atoms with Gasteiger partial charge in [0, 0.05) is 0 Å². The van der Waals surface area contributed by atoms with Crippen LogP contribution in [0, 0.1) is 0 Å². The van der Waals surface area contributed by atoms with Crippen molar-refractivity contribution in [1.29, 1.82) is 0 Å². The van der Waals surface area contributed by atoms with Gasteiger partial charge in [0.25, 0.3) is 0 Å². The standard InChI is InChI=1S/C20H46N2O2/c1-6-11-12-13-14-15-20(21(7-2,8-3)16-18-23)22(9-4,10-5)17-19-24/h20,23-24H,6-19H2,1-5H3/q+2. The molecule has 4 heteroatoms. The number of hydrogen-bond acceptors (Lipinski definition) is 2. The summed E-state index contributed by atoms with van der Waals surface area (Å²) >= 11 is 0. The summed E-state index contributed by atoms with van der Waals surface area (Å²) in [4.78, 5) is 0. The lowest BCUT2D eigenvalue weighted by Crippen LogP contribution is -2.71. The molecular formula is C20H46N2O2+2. The van der Waals surface area contributed by atoms with Crippen molar-refractivity contribution in [3.05, 3.63) is 0 Å². The van der Waals surface area contributed by atoms with Crippen LogP contribution in [0.3, 0.4) is 0 Å². The molecule has 0 aromatic heterocycles. The largest absolute Gasteiger partial charge is 0.391 e. The Hall–Kier alpha value is -0.160. The van der Waals surface area contributed by atoms with Gasteiger partial charge in [-0.3, -0.25) is 8.97 Å². The van der Waals surface area contributed by atoms with Gasteiger partial charge in [-0.05, 0) is 34.1 Å². The Morgan fingerprint density at radius 2 is 1.04 bits per heavy atom. The molecule has 0 fully saturated rings. The predicted octanol–water partition coefficient (Wildman–Crippen LogP) is 3.37. The molecule has 0 saturated carbocycles. The van der Waals surface area contributed by atoms with Gasteiger partial charge in [0.05, 0.1) is 45.8 Å². The van der Waals surface area contributed by atoms with E-state index in [9.17, 15) is 10.2 Å². The minimum atomic E-state index is 0.251. The molecule has 0 spiro atoms. The number of unbranched alkanes of at least 4 members (excludes halogenated alkanes) is 4. The summed E-state index contributed by atoms with van der Waals surface area (Å²) in [7, 11) is 0. The number of nitrogens with zero attached hydrogens (tertiary/aromatic N) is 2. The Morgan fingerprint density at radius 3 is 1.38 bits per heavy atom. The van der Waals surface area contributed by atoms with Crippen molar-refractivity contribution >= 4 is 0 Å². The van der Waals surface area contributed by atoms with Crippen LogP contribution < -0.4 is 0 Å². The minimum Gasteiger partial charge on any atom is -0.391 e. The van der Waals surface area contributed by atoms with Gasteiger partial charge in [-0.1, -0.05) is 32.6 Å². The molecule has 146 valence electrons. The summed E-state index contributed by atoms with van der Waals surface area (Å²) in [5.41, 5.74) is 0. The highest BCUT2D eigenvalue weighted by atomic mass is 16.3. The van der Waals surface area contributed by atoms with E-state index < -0.39 is 0 Å². The summed E-state index contributed by atoms with van der Waals surface area (Å²) in [5.74, 6) is 0. The van der Waals surface area contributed by atoms with Gasteiger partial charge in [-0.25, -0.2) is 0 Å². The summed E-state index contributed by atoms with van der Waals surface area (Å²) in [5, 5.41) is 19.4. The average Bonchev–Trinajstić information content (AvgIpc) is 2.62. The van der Waals surface area contributed by atoms with E-state index in [1.165, 1.54) is 38.5 Å². The number of quaternary nitrogens is 2. The Kier molecular flexibility index (Phi) is 13.0. The highest BCUT2D eigenvalue weighted by Gasteiger charge is 2.46. The molecule has 0 aliphatic heterocycles. The van der Waals surface area contributed by atoms with Crippen LogP contribution in [-0.4, -0.2) is 77.8 Å². The summed E-state index contributed by atoms with van der Waals surface area (Å²) in [6.07, 6.45) is 8.21. The first-order valence-corrected chi connectivity index (χ1v) is 10.5. The van der Waals surface area contributed by atoms with Gasteiger partial charge in [0.15, 0.2) is 0 Å². The van der Waals surface area contributed by atoms with Crippen molar-refractivity contribution in [2.75, 3.05) is 52.5 Å². The van der Waals surface area contributed by atoms with E-state index in [2.05, 4.69) is 34.6 Å². The fourth-order valence-electron chi connectivity index (χ4n) is 4.62. The second-order valence-corrected chi connectivity index (χ2v) is 7.28. The third-order valence-electron chi connectivity index (χ3n) is 6.44. The van der Waals surface area contributed by atoms with Crippen molar-refractivity contribution in [2.45, 2.75) is 79.3 Å². The molecule has 0 aromatic carbocycles. The quantitative estimate of drug-likeness (QED) is 0.255. The van der Waals surface area contributed by atoms with Crippen LogP contribution >= 0.6 is 0 Å². The lowest BCUT2D eigenvalue weighted by atomic mass is 10.0. The molecule has 4 nitrogen and oxygen atoms in total. The molecule has 0 bridgehead atoms. The monoisotopic (exact) mass is 346 g/mol. The molecule has 0 saturated heterocycles. The van der Waals surface area contributed by atoms with E-state index in [-0.39, 0.29) is 13.2 Å². The lowest BCUT2D eigenvalue weighted by molar-refractivity contribution is -1.13. The zero-order valence-electron chi connectivity index (χ0n) is 17.3. The van der Waals surface area contributed by atoms with Gasteiger partial charge in [-0.15, -0.1) is 0 Å². The third-order valence-corrected chi connectivity index (χ3v) is 6.44. The number of aliphatic hydroxyl groups is 2. The zero-order chi connectivity index (χ0) is 18.5. The summed E-state index contributed by atoms with van der Waals surface area (Å²) in [6.45, 7) is 17.7. The summed E-state index contributed by atoms with van der Waals surface area (Å²) < 4.78 is 1.96. The first kappa shape index (κ1) is 23.8. The Bertz CT molecular complexity index is 267. The van der Waals surface area contributed by atoms with Crippen molar-refractivity contribution in [3.8, 4) is 0 Å². The maximum atomic E-state index is 9.72. The van der Waals surface area contributed by atoms with Crippen LogP contribution in [0.25, 0.3) is 0 Å². The van der Waals surface area contributed by atoms with Crippen LogP contribution in [0.15, 0.2) is 0 Å². The molecule has 0 unspecified atom stereocenters. The molecule has 0 atom stereocenters. The number of rotatable bonds is 16. The van der Waals surface area contributed by atoms with E-state index >= 15 is 0 Å². The maximum Gasteiger partial charge on any atom is 0.216 e. The first-order chi connectivity index (χ1) is 11.6. The van der Waals surface area contributed by atoms with Crippen molar-refractivity contribution < 1.29 is 19.2 Å². The second kappa shape index (κ2) is 13.1. The first-order valence-electron chi connectivity index (χ1n) is 10.5. The zero-order valence-corrected chi connectivity index (χ0v) is 17.3. The molecule has 0 heterocycles. The number of hydrogen-bond donors (Lipinski definition) is 2. The van der Waals surface area contributed by atoms with E-state index in [4.69, 9.17) is 0 Å². The molecule has 0 rings (SSSR count). The molecule has 2 N–H and O–H groups in total. The van der Waals surface area contributed by atoms with Gasteiger partial charge >= 0.3 is 0 Å². The van der Waals surface area contributed by atoms with E-state index in [1.807, 2.05) is 0 Å². The molecule has 0 aliphatic rings.